The van der Waals surface area contributed by atoms with Gasteiger partial charge in [-0.2, -0.15) is 5.10 Å². The van der Waals surface area contributed by atoms with Gasteiger partial charge in [0.15, 0.2) is 5.69 Å². The maximum atomic E-state index is 12.3. The van der Waals surface area contributed by atoms with Gasteiger partial charge in [-0.3, -0.25) is 5.10 Å². The molecule has 1 aromatic carbocycles. The zero-order valence-electron chi connectivity index (χ0n) is 15.4. The fraction of sp³-hybridized carbons (Fsp3) is 0.350. The van der Waals surface area contributed by atoms with Crippen molar-refractivity contribution in [3.63, 3.8) is 0 Å². The molecule has 2 aromatic heterocycles. The molecule has 1 N–H and O–H groups in total. The summed E-state index contributed by atoms with van der Waals surface area (Å²) in [5, 5.41) is 6.82. The quantitative estimate of drug-likeness (QED) is 0.648. The number of aromatic nitrogens is 4. The van der Waals surface area contributed by atoms with E-state index in [0.29, 0.717) is 23.8 Å². The first-order valence-electron chi connectivity index (χ1n) is 9.09. The van der Waals surface area contributed by atoms with Gasteiger partial charge in [0.25, 0.3) is 0 Å². The fourth-order valence-corrected chi connectivity index (χ4v) is 3.45. The number of methoxy groups -OCH3 is 1. The molecule has 0 bridgehead atoms. The number of ether oxygens (including phenoxy) is 2. The zero-order chi connectivity index (χ0) is 18.8. The molecule has 1 saturated carbocycles. The van der Waals surface area contributed by atoms with Crippen LogP contribution in [0.2, 0.25) is 0 Å². The van der Waals surface area contributed by atoms with Gasteiger partial charge in [-0.1, -0.05) is 12.1 Å². The number of nitrogens with one attached hydrogen (secondary N) is 1. The van der Waals surface area contributed by atoms with Crippen molar-refractivity contribution >= 4 is 5.97 Å². The predicted molar refractivity (Wildman–Crippen MR) is 99.6 cm³/mol. The maximum Gasteiger partial charge on any atom is 0.357 e. The van der Waals surface area contributed by atoms with Crippen molar-refractivity contribution in [3.05, 3.63) is 54.2 Å². The van der Waals surface area contributed by atoms with E-state index < -0.39 is 5.97 Å². The third-order valence-corrected chi connectivity index (χ3v) is 4.89. The Morgan fingerprint density at radius 1 is 1.30 bits per heavy atom. The summed E-state index contributed by atoms with van der Waals surface area (Å²) in [4.78, 5) is 16.6. The second-order valence-electron chi connectivity index (χ2n) is 6.62. The summed E-state index contributed by atoms with van der Waals surface area (Å²) < 4.78 is 12.6. The van der Waals surface area contributed by atoms with E-state index in [1.165, 1.54) is 18.4 Å². The summed E-state index contributed by atoms with van der Waals surface area (Å²) in [6.07, 6.45) is 7.59. The van der Waals surface area contributed by atoms with E-state index >= 15 is 0 Å². The molecule has 1 atom stereocenters. The molecule has 0 unspecified atom stereocenters. The lowest BCUT2D eigenvalue weighted by molar-refractivity contribution is 0.0520. The lowest BCUT2D eigenvalue weighted by atomic mass is 10.0. The molecule has 1 aliphatic carbocycles. The van der Waals surface area contributed by atoms with E-state index in [9.17, 15) is 4.79 Å². The summed E-state index contributed by atoms with van der Waals surface area (Å²) in [6, 6.07) is 8.28. The lowest BCUT2D eigenvalue weighted by Crippen LogP contribution is -2.14. The van der Waals surface area contributed by atoms with Gasteiger partial charge in [-0.15, -0.1) is 0 Å². The third kappa shape index (κ3) is 3.32. The van der Waals surface area contributed by atoms with Crippen molar-refractivity contribution in [1.82, 2.24) is 19.7 Å². The topological polar surface area (TPSA) is 82.0 Å². The van der Waals surface area contributed by atoms with E-state index in [1.807, 2.05) is 18.5 Å². The fourth-order valence-electron chi connectivity index (χ4n) is 3.45. The molecular weight excluding hydrogens is 344 g/mol. The zero-order valence-corrected chi connectivity index (χ0v) is 15.4. The van der Waals surface area contributed by atoms with E-state index in [1.54, 1.807) is 26.4 Å². The van der Waals surface area contributed by atoms with Gasteiger partial charge in [0.05, 0.1) is 49.7 Å². The van der Waals surface area contributed by atoms with Crippen LogP contribution in [-0.4, -0.2) is 39.4 Å². The Morgan fingerprint density at radius 3 is 2.74 bits per heavy atom. The molecule has 0 amide bonds. The molecule has 2 heterocycles. The first kappa shape index (κ1) is 17.3. The van der Waals surface area contributed by atoms with Gasteiger partial charge in [-0.25, -0.2) is 9.78 Å². The summed E-state index contributed by atoms with van der Waals surface area (Å²) in [6.45, 7) is 2.10. The molecule has 0 radical (unpaired) electrons. The lowest BCUT2D eigenvalue weighted by Gasteiger charge is -2.21. The Kier molecular flexibility index (Phi) is 4.66. The van der Waals surface area contributed by atoms with Crippen LogP contribution < -0.4 is 4.74 Å². The number of carbonyl (C=O) groups is 1. The van der Waals surface area contributed by atoms with Crippen molar-refractivity contribution in [2.45, 2.75) is 25.8 Å². The van der Waals surface area contributed by atoms with E-state index in [0.717, 1.165) is 11.4 Å². The van der Waals surface area contributed by atoms with Crippen LogP contribution in [0.5, 0.6) is 5.75 Å². The predicted octanol–water partition coefficient (Wildman–Crippen LogP) is 3.46. The van der Waals surface area contributed by atoms with Crippen LogP contribution in [0.3, 0.4) is 0 Å². The minimum absolute atomic E-state index is 0.151. The van der Waals surface area contributed by atoms with E-state index in [2.05, 4.69) is 31.9 Å². The van der Waals surface area contributed by atoms with Crippen molar-refractivity contribution in [1.29, 1.82) is 0 Å². The highest BCUT2D eigenvalue weighted by Crippen LogP contribution is 2.45. The number of imidazole rings is 1. The molecule has 0 aliphatic heterocycles. The Balaban J connectivity index is 1.74. The normalized spacial score (nSPS) is 14.7. The number of esters is 1. The monoisotopic (exact) mass is 366 g/mol. The van der Waals surface area contributed by atoms with Crippen LogP contribution in [0.15, 0.2) is 43.0 Å². The number of hydrogen-bond acceptors (Lipinski definition) is 5. The van der Waals surface area contributed by atoms with Gasteiger partial charge in [0, 0.05) is 0 Å². The Labute approximate surface area is 157 Å². The summed E-state index contributed by atoms with van der Waals surface area (Å²) in [5.74, 6) is 0.966. The largest absolute Gasteiger partial charge is 0.497 e. The second-order valence-corrected chi connectivity index (χ2v) is 6.62. The molecule has 140 valence electrons. The van der Waals surface area contributed by atoms with Gasteiger partial charge < -0.3 is 14.0 Å². The molecule has 1 fully saturated rings. The SMILES string of the molecule is CCOC(=O)c1[nH]ncc1-c1cncn1[C@@H](c1ccc(OC)cc1)C1CC1. The highest BCUT2D eigenvalue weighted by atomic mass is 16.5. The first-order chi connectivity index (χ1) is 13.2. The number of benzene rings is 1. The first-order valence-corrected chi connectivity index (χ1v) is 9.09. The standard InChI is InChI=1S/C20H22N4O3/c1-3-27-20(25)18-16(10-22-23-18)17-11-21-12-24(17)19(13-4-5-13)14-6-8-15(26-2)9-7-14/h6-13,19H,3-5H2,1-2H3,(H,22,23)/t19-/m1/s1. The van der Waals surface area contributed by atoms with Crippen molar-refractivity contribution in [2.75, 3.05) is 13.7 Å². The van der Waals surface area contributed by atoms with Gasteiger partial charge in [0.2, 0.25) is 0 Å². The Morgan fingerprint density at radius 2 is 2.07 bits per heavy atom. The van der Waals surface area contributed by atoms with E-state index in [-0.39, 0.29) is 6.04 Å². The molecule has 1 aliphatic rings. The molecule has 0 spiro atoms. The summed E-state index contributed by atoms with van der Waals surface area (Å²) >= 11 is 0. The minimum Gasteiger partial charge on any atom is -0.497 e. The van der Waals surface area contributed by atoms with Crippen LogP contribution in [0, 0.1) is 5.92 Å². The van der Waals surface area contributed by atoms with Crippen LogP contribution in [0.4, 0.5) is 0 Å². The van der Waals surface area contributed by atoms with Crippen molar-refractivity contribution < 1.29 is 14.3 Å². The van der Waals surface area contributed by atoms with Crippen LogP contribution in [-0.2, 0) is 4.74 Å². The van der Waals surface area contributed by atoms with Crippen LogP contribution in [0.1, 0.15) is 41.9 Å². The molecule has 4 rings (SSSR count). The smallest absolute Gasteiger partial charge is 0.357 e. The maximum absolute atomic E-state index is 12.3. The number of H-pyrrole nitrogens is 1. The molecule has 7 heteroatoms. The summed E-state index contributed by atoms with van der Waals surface area (Å²) in [7, 11) is 1.66. The average Bonchev–Trinajstić information content (AvgIpc) is 3.19. The second kappa shape index (κ2) is 7.26. The number of carbonyl (C=O) groups excluding carboxylic acids is 1. The van der Waals surface area contributed by atoms with Gasteiger partial charge >= 0.3 is 5.97 Å². The number of aromatic amines is 1. The number of rotatable bonds is 7. The van der Waals surface area contributed by atoms with Crippen LogP contribution in [0.25, 0.3) is 11.3 Å². The molecule has 7 nitrogen and oxygen atoms in total. The molecule has 3 aromatic rings. The highest BCUT2D eigenvalue weighted by Gasteiger charge is 2.35. The highest BCUT2D eigenvalue weighted by molar-refractivity contribution is 5.94. The molecule has 27 heavy (non-hydrogen) atoms. The van der Waals surface area contributed by atoms with E-state index in [4.69, 9.17) is 9.47 Å². The van der Waals surface area contributed by atoms with Crippen molar-refractivity contribution in [3.8, 4) is 17.0 Å². The summed E-state index contributed by atoms with van der Waals surface area (Å²) in [5.41, 5.74) is 3.09. The minimum atomic E-state index is -0.412. The van der Waals surface area contributed by atoms with Crippen LogP contribution >= 0.6 is 0 Å². The van der Waals surface area contributed by atoms with Crippen molar-refractivity contribution in [2.24, 2.45) is 5.92 Å². The molecular formula is C20H22N4O3. The Hall–Kier alpha value is -3.09. The molecule has 0 saturated heterocycles. The number of nitrogens with zero attached hydrogens (tertiary/aromatic N) is 3. The number of hydrogen-bond donors (Lipinski definition) is 1. The average molecular weight is 366 g/mol. The third-order valence-electron chi connectivity index (χ3n) is 4.89. The Bertz CT molecular complexity index is 925. The van der Waals surface area contributed by atoms with Gasteiger partial charge in [0.1, 0.15) is 5.75 Å². The van der Waals surface area contributed by atoms with Gasteiger partial charge in [-0.05, 0) is 43.4 Å².